The Morgan fingerprint density at radius 2 is 2.17 bits per heavy atom. The lowest BCUT2D eigenvalue weighted by Crippen LogP contribution is -2.34. The van der Waals surface area contributed by atoms with E-state index in [9.17, 15) is 5.11 Å². The van der Waals surface area contributed by atoms with Crippen molar-refractivity contribution in [2.24, 2.45) is 0 Å². The third-order valence-electron chi connectivity index (χ3n) is 5.22. The van der Waals surface area contributed by atoms with Gasteiger partial charge in [0.15, 0.2) is 11.5 Å². The predicted octanol–water partition coefficient (Wildman–Crippen LogP) is 3.82. The Hall–Kier alpha value is -1.65. The molecule has 0 saturated carbocycles. The first-order valence-corrected chi connectivity index (χ1v) is 9.03. The van der Waals surface area contributed by atoms with E-state index in [1.807, 2.05) is 12.1 Å². The second kappa shape index (κ2) is 6.34. The summed E-state index contributed by atoms with van der Waals surface area (Å²) in [4.78, 5) is 2.50. The van der Waals surface area contributed by atoms with Crippen LogP contribution in [0.3, 0.4) is 0 Å². The van der Waals surface area contributed by atoms with Crippen molar-refractivity contribution < 1.29 is 14.3 Å². The minimum Gasteiger partial charge on any atom is -0.504 e. The quantitative estimate of drug-likeness (QED) is 0.857. The molecule has 128 valence electrons. The van der Waals surface area contributed by atoms with Crippen LogP contribution >= 0.6 is 11.6 Å². The Kier molecular flexibility index (Phi) is 4.19. The van der Waals surface area contributed by atoms with Gasteiger partial charge in [-0.2, -0.15) is 0 Å². The van der Waals surface area contributed by atoms with E-state index in [2.05, 4.69) is 11.0 Å². The summed E-state index contributed by atoms with van der Waals surface area (Å²) in [6.07, 6.45) is 3.68. The predicted molar refractivity (Wildman–Crippen MR) is 93.0 cm³/mol. The van der Waals surface area contributed by atoms with Crippen molar-refractivity contribution in [2.45, 2.75) is 38.3 Å². The number of rotatable bonds is 3. The Bertz CT molecular complexity index is 755. The molecule has 1 atom stereocenters. The second-order valence-corrected chi connectivity index (χ2v) is 6.98. The number of hydrogen-bond acceptors (Lipinski definition) is 4. The van der Waals surface area contributed by atoms with Crippen molar-refractivity contribution >= 4 is 11.6 Å². The number of alkyl halides is 1. The number of furan rings is 1. The molecule has 0 amide bonds. The van der Waals surface area contributed by atoms with Gasteiger partial charge < -0.3 is 14.3 Å². The minimum absolute atomic E-state index is 0.225. The summed E-state index contributed by atoms with van der Waals surface area (Å²) in [5.74, 6) is 3.47. The van der Waals surface area contributed by atoms with Crippen LogP contribution in [0.1, 0.15) is 40.7 Å². The summed E-state index contributed by atoms with van der Waals surface area (Å²) in [7, 11) is 1.60. The van der Waals surface area contributed by atoms with Crippen LogP contribution in [0.5, 0.6) is 11.5 Å². The van der Waals surface area contributed by atoms with Crippen LogP contribution in [-0.4, -0.2) is 29.5 Å². The molecular weight excluding hydrogens is 326 g/mol. The van der Waals surface area contributed by atoms with Crippen molar-refractivity contribution in [2.75, 3.05) is 19.5 Å². The molecule has 0 spiro atoms. The zero-order valence-corrected chi connectivity index (χ0v) is 14.6. The van der Waals surface area contributed by atoms with Crippen molar-refractivity contribution in [3.05, 3.63) is 46.4 Å². The van der Waals surface area contributed by atoms with E-state index in [-0.39, 0.29) is 5.75 Å². The molecule has 4 nitrogen and oxygen atoms in total. The molecule has 24 heavy (non-hydrogen) atoms. The Morgan fingerprint density at radius 3 is 2.96 bits per heavy atom. The van der Waals surface area contributed by atoms with Crippen LogP contribution in [-0.2, 0) is 25.8 Å². The van der Waals surface area contributed by atoms with Crippen LogP contribution < -0.4 is 4.74 Å². The zero-order chi connectivity index (χ0) is 16.7. The van der Waals surface area contributed by atoms with Gasteiger partial charge in [0.1, 0.15) is 11.5 Å². The van der Waals surface area contributed by atoms with Gasteiger partial charge in [-0.05, 0) is 42.2 Å². The lowest BCUT2D eigenvalue weighted by molar-refractivity contribution is 0.173. The lowest BCUT2D eigenvalue weighted by atomic mass is 9.90. The summed E-state index contributed by atoms with van der Waals surface area (Å²) < 4.78 is 11.3. The summed E-state index contributed by atoms with van der Waals surface area (Å²) in [6.45, 7) is 1.92. The maximum absolute atomic E-state index is 10.2. The first kappa shape index (κ1) is 15.9. The Balaban J connectivity index is 1.64. The fourth-order valence-electron chi connectivity index (χ4n) is 4.04. The topological polar surface area (TPSA) is 45.8 Å². The van der Waals surface area contributed by atoms with Gasteiger partial charge in [-0.3, -0.25) is 4.90 Å². The summed E-state index contributed by atoms with van der Waals surface area (Å²) >= 11 is 5.83. The van der Waals surface area contributed by atoms with E-state index in [0.29, 0.717) is 17.7 Å². The highest BCUT2D eigenvalue weighted by Crippen LogP contribution is 2.42. The molecule has 2 aromatic rings. The molecule has 2 aliphatic rings. The maximum Gasteiger partial charge on any atom is 0.160 e. The van der Waals surface area contributed by atoms with Crippen molar-refractivity contribution in [3.63, 3.8) is 0 Å². The Morgan fingerprint density at radius 1 is 1.29 bits per heavy atom. The van der Waals surface area contributed by atoms with E-state index in [1.54, 1.807) is 7.11 Å². The molecular formula is C19H22ClNO3. The first-order valence-electron chi connectivity index (χ1n) is 8.50. The molecule has 4 rings (SSSR count). The second-order valence-electron chi connectivity index (χ2n) is 6.60. The fraction of sp³-hybridized carbons (Fsp3) is 0.474. The lowest BCUT2D eigenvalue weighted by Gasteiger charge is -2.36. The highest BCUT2D eigenvalue weighted by molar-refractivity contribution is 6.17. The molecule has 0 saturated heterocycles. The van der Waals surface area contributed by atoms with Gasteiger partial charge >= 0.3 is 0 Å². The van der Waals surface area contributed by atoms with Crippen LogP contribution in [0.25, 0.3) is 0 Å². The van der Waals surface area contributed by atoms with Crippen LogP contribution in [0.2, 0.25) is 0 Å². The van der Waals surface area contributed by atoms with E-state index in [1.165, 1.54) is 16.7 Å². The number of aromatic hydroxyl groups is 1. The summed E-state index contributed by atoms with van der Waals surface area (Å²) in [5, 5.41) is 10.2. The van der Waals surface area contributed by atoms with Gasteiger partial charge in [0.2, 0.25) is 0 Å². The third kappa shape index (κ3) is 2.68. The molecule has 0 fully saturated rings. The normalized spacial score (nSPS) is 20.0. The van der Waals surface area contributed by atoms with Gasteiger partial charge in [-0.1, -0.05) is 0 Å². The molecule has 0 aliphatic carbocycles. The van der Waals surface area contributed by atoms with Gasteiger partial charge in [0.25, 0.3) is 0 Å². The SMILES string of the molecule is COc1cc2c(cc1O)[C@@H]1CCc3oc(CCCl)cc3CN1CC2. The number of fused-ring (bicyclic) bond motifs is 4. The number of methoxy groups -OCH3 is 1. The van der Waals surface area contributed by atoms with Crippen LogP contribution in [0.15, 0.2) is 22.6 Å². The summed E-state index contributed by atoms with van der Waals surface area (Å²) in [6, 6.07) is 6.37. The van der Waals surface area contributed by atoms with Crippen molar-refractivity contribution in [3.8, 4) is 11.5 Å². The number of hydrogen-bond donors (Lipinski definition) is 1. The third-order valence-corrected chi connectivity index (χ3v) is 5.40. The molecule has 0 unspecified atom stereocenters. The molecule has 1 N–H and O–H groups in total. The van der Waals surface area contributed by atoms with E-state index in [4.69, 9.17) is 20.8 Å². The highest BCUT2D eigenvalue weighted by atomic mass is 35.5. The fourth-order valence-corrected chi connectivity index (χ4v) is 4.22. The minimum atomic E-state index is 0.225. The number of phenols is 1. The van der Waals surface area contributed by atoms with E-state index >= 15 is 0 Å². The molecule has 5 heteroatoms. The highest BCUT2D eigenvalue weighted by Gasteiger charge is 2.32. The van der Waals surface area contributed by atoms with Gasteiger partial charge in [0, 0.05) is 43.4 Å². The number of aryl methyl sites for hydroxylation is 2. The summed E-state index contributed by atoms with van der Waals surface area (Å²) in [5.41, 5.74) is 3.80. The number of nitrogens with zero attached hydrogens (tertiary/aromatic N) is 1. The average Bonchev–Trinajstić information content (AvgIpc) is 2.86. The standard InChI is InChI=1S/C19H22ClNO3/c1-23-19-9-12-5-7-21-11-13-8-14(4-6-20)24-18(13)3-2-16(21)15(12)10-17(19)22/h8-10,16,22H,2-7,11H2,1H3/t16-/m0/s1. The van der Waals surface area contributed by atoms with Crippen molar-refractivity contribution in [1.82, 2.24) is 4.90 Å². The van der Waals surface area contributed by atoms with E-state index < -0.39 is 0 Å². The Labute approximate surface area is 147 Å². The van der Waals surface area contributed by atoms with Gasteiger partial charge in [-0.25, -0.2) is 0 Å². The molecule has 0 bridgehead atoms. The molecule has 1 aromatic carbocycles. The first-order chi connectivity index (χ1) is 11.7. The van der Waals surface area contributed by atoms with Gasteiger partial charge in [0.05, 0.1) is 7.11 Å². The largest absolute Gasteiger partial charge is 0.504 e. The van der Waals surface area contributed by atoms with E-state index in [0.717, 1.165) is 50.3 Å². The average molecular weight is 348 g/mol. The van der Waals surface area contributed by atoms with Gasteiger partial charge in [-0.15, -0.1) is 11.6 Å². The monoisotopic (exact) mass is 347 g/mol. The number of ether oxygens (including phenoxy) is 1. The smallest absolute Gasteiger partial charge is 0.160 e. The molecule has 3 heterocycles. The maximum atomic E-state index is 10.2. The van der Waals surface area contributed by atoms with Crippen LogP contribution in [0, 0.1) is 0 Å². The number of phenolic OH excluding ortho intramolecular Hbond substituents is 1. The molecule has 0 radical (unpaired) electrons. The van der Waals surface area contributed by atoms with Crippen molar-refractivity contribution in [1.29, 1.82) is 0 Å². The van der Waals surface area contributed by atoms with Crippen LogP contribution in [0.4, 0.5) is 0 Å². The molecule has 2 aliphatic heterocycles. The molecule has 1 aromatic heterocycles. The zero-order valence-electron chi connectivity index (χ0n) is 13.8. The number of halogens is 1. The number of benzene rings is 1.